The molecule has 0 spiro atoms. The number of fused-ring (bicyclic) bond motifs is 3. The second-order valence-corrected chi connectivity index (χ2v) is 9.85. The van der Waals surface area contributed by atoms with Gasteiger partial charge in [0.25, 0.3) is 0 Å². The highest BCUT2D eigenvalue weighted by Crippen LogP contribution is 2.48. The van der Waals surface area contributed by atoms with Crippen molar-refractivity contribution >= 4 is 22.6 Å². The number of rotatable bonds is 7. The molecule has 0 aliphatic carbocycles. The fourth-order valence-electron chi connectivity index (χ4n) is 4.78. The van der Waals surface area contributed by atoms with E-state index in [4.69, 9.17) is 23.7 Å². The van der Waals surface area contributed by atoms with Crippen LogP contribution in [0.3, 0.4) is 0 Å². The van der Waals surface area contributed by atoms with Gasteiger partial charge < -0.3 is 34.3 Å². The minimum atomic E-state index is -0.725. The SMILES string of the molecule is CC(NC(=O)Nc1ccc(Oc2ncnc3cc(OC4CCOCC4)c4c(c23)OCCO4)c(F)c1)c1ccc(F)cc1. The van der Waals surface area contributed by atoms with Crippen LogP contribution in [-0.4, -0.2) is 48.5 Å². The van der Waals surface area contributed by atoms with E-state index in [1.165, 1.54) is 30.6 Å². The summed E-state index contributed by atoms with van der Waals surface area (Å²) in [6.45, 7) is 3.64. The first kappa shape index (κ1) is 27.5. The van der Waals surface area contributed by atoms with Crippen molar-refractivity contribution in [3.05, 3.63) is 72.1 Å². The maximum atomic E-state index is 15.2. The lowest BCUT2D eigenvalue weighted by atomic mass is 10.1. The molecular weight excluding hydrogens is 550 g/mol. The summed E-state index contributed by atoms with van der Waals surface area (Å²) in [5.41, 5.74) is 1.41. The zero-order valence-corrected chi connectivity index (χ0v) is 22.7. The number of amides is 2. The van der Waals surface area contributed by atoms with E-state index in [1.54, 1.807) is 25.1 Å². The average molecular weight is 579 g/mol. The largest absolute Gasteiger partial charge is 0.486 e. The minimum Gasteiger partial charge on any atom is -0.486 e. The van der Waals surface area contributed by atoms with Crippen molar-refractivity contribution in [1.29, 1.82) is 0 Å². The van der Waals surface area contributed by atoms with Crippen LogP contribution in [0.2, 0.25) is 0 Å². The molecule has 2 N–H and O–H groups in total. The van der Waals surface area contributed by atoms with Gasteiger partial charge in [0.1, 0.15) is 36.8 Å². The Morgan fingerprint density at radius 1 is 0.952 bits per heavy atom. The second kappa shape index (κ2) is 12.0. The van der Waals surface area contributed by atoms with Crippen LogP contribution in [0.15, 0.2) is 54.9 Å². The van der Waals surface area contributed by atoms with Gasteiger partial charge in [-0.05, 0) is 36.8 Å². The van der Waals surface area contributed by atoms with Crippen LogP contribution in [-0.2, 0) is 4.74 Å². The van der Waals surface area contributed by atoms with Crippen LogP contribution in [0.5, 0.6) is 28.9 Å². The Balaban J connectivity index is 1.20. The summed E-state index contributed by atoms with van der Waals surface area (Å²) in [5, 5.41) is 5.74. The summed E-state index contributed by atoms with van der Waals surface area (Å²) >= 11 is 0. The van der Waals surface area contributed by atoms with Gasteiger partial charge in [-0.25, -0.2) is 23.5 Å². The fraction of sp³-hybridized carbons (Fsp3) is 0.300. The fourth-order valence-corrected chi connectivity index (χ4v) is 4.78. The molecule has 0 saturated carbocycles. The molecule has 0 radical (unpaired) electrons. The Hall–Kier alpha value is -4.71. The van der Waals surface area contributed by atoms with Gasteiger partial charge in [-0.1, -0.05) is 12.1 Å². The number of halogens is 2. The maximum absolute atomic E-state index is 15.2. The molecule has 1 unspecified atom stereocenters. The summed E-state index contributed by atoms with van der Waals surface area (Å²) in [7, 11) is 0. The van der Waals surface area contributed by atoms with Crippen molar-refractivity contribution in [3.8, 4) is 28.9 Å². The molecule has 218 valence electrons. The van der Waals surface area contributed by atoms with Crippen molar-refractivity contribution < 1.29 is 37.3 Å². The number of benzene rings is 3. The van der Waals surface area contributed by atoms with E-state index in [0.717, 1.165) is 24.5 Å². The number of carbonyl (C=O) groups excluding carboxylic acids is 1. The first-order valence-electron chi connectivity index (χ1n) is 13.6. The Morgan fingerprint density at radius 3 is 2.48 bits per heavy atom. The first-order valence-corrected chi connectivity index (χ1v) is 13.6. The molecule has 2 amide bonds. The lowest BCUT2D eigenvalue weighted by Gasteiger charge is -2.27. The number of anilines is 1. The minimum absolute atomic E-state index is 0.0298. The predicted molar refractivity (Wildman–Crippen MR) is 148 cm³/mol. The van der Waals surface area contributed by atoms with Crippen molar-refractivity contribution in [2.75, 3.05) is 31.7 Å². The van der Waals surface area contributed by atoms with Crippen molar-refractivity contribution in [3.63, 3.8) is 0 Å². The second-order valence-electron chi connectivity index (χ2n) is 9.85. The molecule has 4 aromatic rings. The molecule has 0 bridgehead atoms. The predicted octanol–water partition coefficient (Wildman–Crippen LogP) is 5.91. The topological polar surface area (TPSA) is 113 Å². The van der Waals surface area contributed by atoms with Gasteiger partial charge in [0, 0.05) is 30.7 Å². The molecule has 6 rings (SSSR count). The van der Waals surface area contributed by atoms with E-state index in [0.29, 0.717) is 54.6 Å². The Morgan fingerprint density at radius 2 is 1.71 bits per heavy atom. The van der Waals surface area contributed by atoms with Gasteiger partial charge in [-0.2, -0.15) is 0 Å². The van der Waals surface area contributed by atoms with Crippen LogP contribution in [0.1, 0.15) is 31.4 Å². The molecule has 2 aliphatic heterocycles. The number of hydrogen-bond donors (Lipinski definition) is 2. The third-order valence-electron chi connectivity index (χ3n) is 6.92. The zero-order chi connectivity index (χ0) is 29.1. The summed E-state index contributed by atoms with van der Waals surface area (Å²) in [4.78, 5) is 21.1. The molecule has 1 atom stereocenters. The number of aromatic nitrogens is 2. The highest BCUT2D eigenvalue weighted by molar-refractivity contribution is 5.94. The van der Waals surface area contributed by atoms with Crippen LogP contribution >= 0.6 is 0 Å². The van der Waals surface area contributed by atoms with Gasteiger partial charge in [-0.3, -0.25) is 0 Å². The maximum Gasteiger partial charge on any atom is 0.319 e. The number of carbonyl (C=O) groups is 1. The van der Waals surface area contributed by atoms with Crippen LogP contribution in [0.25, 0.3) is 10.9 Å². The summed E-state index contributed by atoms with van der Waals surface area (Å²) < 4.78 is 57.8. The monoisotopic (exact) mass is 578 g/mol. The summed E-state index contributed by atoms with van der Waals surface area (Å²) in [6.07, 6.45) is 2.79. The van der Waals surface area contributed by atoms with E-state index in [1.807, 2.05) is 0 Å². The smallest absolute Gasteiger partial charge is 0.319 e. The molecule has 12 heteroatoms. The number of nitrogens with zero attached hydrogens (tertiary/aromatic N) is 2. The van der Waals surface area contributed by atoms with Crippen LogP contribution in [0.4, 0.5) is 19.3 Å². The van der Waals surface area contributed by atoms with Crippen molar-refractivity contribution in [2.24, 2.45) is 0 Å². The van der Waals surface area contributed by atoms with E-state index in [2.05, 4.69) is 20.6 Å². The van der Waals surface area contributed by atoms with Crippen molar-refractivity contribution in [1.82, 2.24) is 15.3 Å². The first-order chi connectivity index (χ1) is 20.4. The molecular formula is C30H28F2N4O6. The standard InChI is InChI=1S/C30H28F2N4O6/c1-17(18-2-4-19(31)5-3-18)35-30(37)36-20-6-7-24(22(32)14-20)42-29-26-23(33-16-34-29)15-25(27-28(26)40-13-12-39-27)41-21-8-10-38-11-9-21/h2-7,14-17,21H,8-13H2,1H3,(H2,35,36,37). The third-order valence-corrected chi connectivity index (χ3v) is 6.92. The van der Waals surface area contributed by atoms with E-state index < -0.39 is 17.9 Å². The Labute approximate surface area is 239 Å². The van der Waals surface area contributed by atoms with E-state index in [9.17, 15) is 9.18 Å². The third kappa shape index (κ3) is 5.98. The Kier molecular flexibility index (Phi) is 7.87. The lowest BCUT2D eigenvalue weighted by molar-refractivity contribution is 0.0234. The van der Waals surface area contributed by atoms with Gasteiger partial charge >= 0.3 is 6.03 Å². The van der Waals surface area contributed by atoms with Gasteiger partial charge in [0.05, 0.1) is 24.8 Å². The van der Waals surface area contributed by atoms with Gasteiger partial charge in [0.2, 0.25) is 11.6 Å². The molecule has 42 heavy (non-hydrogen) atoms. The highest BCUT2D eigenvalue weighted by Gasteiger charge is 2.27. The number of nitrogens with one attached hydrogen (secondary N) is 2. The van der Waals surface area contributed by atoms with E-state index >= 15 is 4.39 Å². The molecule has 3 aromatic carbocycles. The van der Waals surface area contributed by atoms with E-state index in [-0.39, 0.29) is 29.2 Å². The van der Waals surface area contributed by atoms with Crippen LogP contribution in [0, 0.1) is 11.6 Å². The number of hydrogen-bond acceptors (Lipinski definition) is 8. The lowest BCUT2D eigenvalue weighted by Crippen LogP contribution is -2.31. The Bertz CT molecular complexity index is 1600. The zero-order valence-electron chi connectivity index (χ0n) is 22.7. The molecule has 3 heterocycles. The molecule has 1 fully saturated rings. The number of ether oxygens (including phenoxy) is 5. The quantitative estimate of drug-likeness (QED) is 0.278. The van der Waals surface area contributed by atoms with Gasteiger partial charge in [-0.15, -0.1) is 0 Å². The molecule has 2 aliphatic rings. The average Bonchev–Trinajstić information content (AvgIpc) is 2.99. The molecule has 1 saturated heterocycles. The van der Waals surface area contributed by atoms with Crippen molar-refractivity contribution in [2.45, 2.75) is 31.9 Å². The van der Waals surface area contributed by atoms with Crippen LogP contribution < -0.4 is 29.6 Å². The normalized spacial score (nSPS) is 15.6. The van der Waals surface area contributed by atoms with Gasteiger partial charge in [0.15, 0.2) is 23.1 Å². The highest BCUT2D eigenvalue weighted by atomic mass is 19.1. The molecule has 10 nitrogen and oxygen atoms in total. The summed E-state index contributed by atoms with van der Waals surface area (Å²) in [5.74, 6) is 0.147. The number of urea groups is 1. The summed E-state index contributed by atoms with van der Waals surface area (Å²) in [6, 6.07) is 10.6. The molecule has 1 aromatic heterocycles.